The number of carbonyl (C=O) groups excluding carboxylic acids is 1. The highest BCUT2D eigenvalue weighted by Gasteiger charge is 2.49. The minimum absolute atomic E-state index is 0.252. The number of fused-ring (bicyclic) bond motifs is 1. The van der Waals surface area contributed by atoms with E-state index in [2.05, 4.69) is 27.1 Å². The number of nitrogens with zero attached hydrogens (tertiary/aromatic N) is 3. The average molecular weight is 365 g/mol. The van der Waals surface area contributed by atoms with E-state index in [0.29, 0.717) is 12.5 Å². The van der Waals surface area contributed by atoms with Crippen molar-refractivity contribution in [3.05, 3.63) is 41.7 Å². The molecule has 0 spiro atoms. The summed E-state index contributed by atoms with van der Waals surface area (Å²) in [6, 6.07) is 10.2. The molecular weight excluding hydrogens is 338 g/mol. The molecule has 0 N–H and O–H groups in total. The van der Waals surface area contributed by atoms with Gasteiger partial charge in [-0.05, 0) is 38.8 Å². The summed E-state index contributed by atoms with van der Waals surface area (Å²) < 4.78 is 5.62. The molecule has 2 fully saturated rings. The molecule has 0 unspecified atom stereocenters. The van der Waals surface area contributed by atoms with Crippen molar-refractivity contribution < 1.29 is 9.32 Å². The Morgan fingerprint density at radius 3 is 2.48 bits per heavy atom. The number of aromatic nitrogens is 1. The molecule has 2 aliphatic heterocycles. The molecule has 27 heavy (non-hydrogen) atoms. The van der Waals surface area contributed by atoms with Crippen LogP contribution in [0.4, 0.5) is 0 Å². The normalized spacial score (nSPS) is 22.1. The Kier molecular flexibility index (Phi) is 4.27. The first kappa shape index (κ1) is 17.0. The molecule has 0 atom stereocenters. The van der Waals surface area contributed by atoms with Crippen molar-refractivity contribution >= 4 is 5.91 Å². The molecule has 1 aliphatic carbocycles. The average Bonchev–Trinajstić information content (AvgIpc) is 3.48. The van der Waals surface area contributed by atoms with Gasteiger partial charge in [0.05, 0.1) is 6.54 Å². The SMILES string of the molecule is O=C(N1CCc2onc(-c3ccccc3)c2C1)C1(N2CCCC2)CCCC1. The van der Waals surface area contributed by atoms with Gasteiger partial charge in [0.1, 0.15) is 17.0 Å². The number of amides is 1. The van der Waals surface area contributed by atoms with Gasteiger partial charge in [-0.3, -0.25) is 9.69 Å². The lowest BCUT2D eigenvalue weighted by Crippen LogP contribution is -2.58. The molecule has 0 bridgehead atoms. The zero-order chi connectivity index (χ0) is 18.3. The number of benzene rings is 1. The van der Waals surface area contributed by atoms with Crippen molar-refractivity contribution in [3.8, 4) is 11.3 Å². The smallest absolute Gasteiger partial charge is 0.243 e. The minimum Gasteiger partial charge on any atom is -0.360 e. The van der Waals surface area contributed by atoms with E-state index in [1.54, 1.807) is 0 Å². The molecule has 5 heteroatoms. The Balaban J connectivity index is 1.43. The van der Waals surface area contributed by atoms with E-state index in [1.165, 1.54) is 25.7 Å². The molecule has 3 heterocycles. The highest BCUT2D eigenvalue weighted by atomic mass is 16.5. The lowest BCUT2D eigenvalue weighted by molar-refractivity contribution is -0.145. The van der Waals surface area contributed by atoms with Crippen LogP contribution in [0, 0.1) is 0 Å². The number of rotatable bonds is 3. The molecule has 142 valence electrons. The highest BCUT2D eigenvalue weighted by Crippen LogP contribution is 2.40. The van der Waals surface area contributed by atoms with Crippen LogP contribution in [0.15, 0.2) is 34.9 Å². The van der Waals surface area contributed by atoms with Crippen LogP contribution in [-0.2, 0) is 17.8 Å². The molecule has 5 rings (SSSR count). The van der Waals surface area contributed by atoms with Crippen molar-refractivity contribution in [2.24, 2.45) is 0 Å². The second-order valence-corrected chi connectivity index (χ2v) is 8.21. The molecule has 1 saturated heterocycles. The van der Waals surface area contributed by atoms with Crippen molar-refractivity contribution in [1.29, 1.82) is 0 Å². The monoisotopic (exact) mass is 365 g/mol. The zero-order valence-corrected chi connectivity index (χ0v) is 15.8. The molecule has 0 radical (unpaired) electrons. The van der Waals surface area contributed by atoms with Gasteiger partial charge in [-0.1, -0.05) is 48.3 Å². The fourth-order valence-corrected chi connectivity index (χ4v) is 5.27. The van der Waals surface area contributed by atoms with E-state index in [0.717, 1.165) is 61.5 Å². The van der Waals surface area contributed by atoms with Gasteiger partial charge in [0.25, 0.3) is 0 Å². The number of hydrogen-bond acceptors (Lipinski definition) is 4. The zero-order valence-electron chi connectivity index (χ0n) is 15.8. The topological polar surface area (TPSA) is 49.6 Å². The number of carbonyl (C=O) groups is 1. The summed E-state index contributed by atoms with van der Waals surface area (Å²) >= 11 is 0. The first-order chi connectivity index (χ1) is 13.3. The third-order valence-corrected chi connectivity index (χ3v) is 6.70. The molecule has 1 amide bonds. The largest absolute Gasteiger partial charge is 0.360 e. The molecule has 1 aromatic carbocycles. The molecule has 1 aromatic heterocycles. The van der Waals surface area contributed by atoms with E-state index in [1.807, 2.05) is 18.2 Å². The van der Waals surface area contributed by atoms with Gasteiger partial charge in [-0.2, -0.15) is 0 Å². The molecular formula is C22H27N3O2. The van der Waals surface area contributed by atoms with Crippen molar-refractivity contribution in [2.45, 2.75) is 57.0 Å². The molecule has 3 aliphatic rings. The number of hydrogen-bond donors (Lipinski definition) is 0. The van der Waals surface area contributed by atoms with E-state index in [9.17, 15) is 4.79 Å². The van der Waals surface area contributed by atoms with E-state index < -0.39 is 0 Å². The minimum atomic E-state index is -0.252. The van der Waals surface area contributed by atoms with Crippen LogP contribution in [0.3, 0.4) is 0 Å². The van der Waals surface area contributed by atoms with Crippen LogP contribution in [0.5, 0.6) is 0 Å². The quantitative estimate of drug-likeness (QED) is 0.833. The van der Waals surface area contributed by atoms with Crippen LogP contribution >= 0.6 is 0 Å². The van der Waals surface area contributed by atoms with Gasteiger partial charge >= 0.3 is 0 Å². The van der Waals surface area contributed by atoms with Gasteiger partial charge in [0.2, 0.25) is 5.91 Å². The van der Waals surface area contributed by atoms with Crippen LogP contribution < -0.4 is 0 Å². The summed E-state index contributed by atoms with van der Waals surface area (Å²) in [7, 11) is 0. The van der Waals surface area contributed by atoms with Gasteiger partial charge in [-0.25, -0.2) is 0 Å². The second-order valence-electron chi connectivity index (χ2n) is 8.21. The van der Waals surface area contributed by atoms with E-state index in [-0.39, 0.29) is 5.54 Å². The fourth-order valence-electron chi connectivity index (χ4n) is 5.27. The third kappa shape index (κ3) is 2.80. The lowest BCUT2D eigenvalue weighted by atomic mass is 9.91. The van der Waals surface area contributed by atoms with Crippen molar-refractivity contribution in [1.82, 2.24) is 15.0 Å². The first-order valence-electron chi connectivity index (χ1n) is 10.4. The summed E-state index contributed by atoms with van der Waals surface area (Å²) in [6.45, 7) is 3.52. The summed E-state index contributed by atoms with van der Waals surface area (Å²) in [6.07, 6.45) is 7.59. The van der Waals surface area contributed by atoms with Crippen LogP contribution in [-0.4, -0.2) is 46.0 Å². The summed E-state index contributed by atoms with van der Waals surface area (Å²) in [5.41, 5.74) is 2.80. The van der Waals surface area contributed by atoms with Gasteiger partial charge < -0.3 is 9.42 Å². The molecule has 1 saturated carbocycles. The summed E-state index contributed by atoms with van der Waals surface area (Å²) in [5, 5.41) is 4.33. The fraction of sp³-hybridized carbons (Fsp3) is 0.545. The first-order valence-corrected chi connectivity index (χ1v) is 10.4. The maximum absolute atomic E-state index is 13.7. The maximum Gasteiger partial charge on any atom is 0.243 e. The summed E-state index contributed by atoms with van der Waals surface area (Å²) in [4.78, 5) is 18.3. The predicted molar refractivity (Wildman–Crippen MR) is 103 cm³/mol. The Morgan fingerprint density at radius 1 is 1.00 bits per heavy atom. The van der Waals surface area contributed by atoms with E-state index in [4.69, 9.17) is 4.52 Å². The Labute approximate surface area is 160 Å². The Bertz CT molecular complexity index is 817. The Hall–Kier alpha value is -2.14. The standard InChI is InChI=1S/C22H27N3O2/c26-21(22(11-4-5-12-22)25-13-6-7-14-25)24-15-10-19-18(16-24)20(23-27-19)17-8-2-1-3-9-17/h1-3,8-9H,4-7,10-16H2. The van der Waals surface area contributed by atoms with Gasteiger partial charge in [0, 0.05) is 24.1 Å². The van der Waals surface area contributed by atoms with Crippen LogP contribution in [0.25, 0.3) is 11.3 Å². The number of likely N-dealkylation sites (tertiary alicyclic amines) is 1. The molecule has 5 nitrogen and oxygen atoms in total. The maximum atomic E-state index is 13.7. The third-order valence-electron chi connectivity index (χ3n) is 6.70. The lowest BCUT2D eigenvalue weighted by Gasteiger charge is -2.41. The highest BCUT2D eigenvalue weighted by molar-refractivity contribution is 5.87. The van der Waals surface area contributed by atoms with Gasteiger partial charge in [0.15, 0.2) is 0 Å². The van der Waals surface area contributed by atoms with Crippen LogP contribution in [0.1, 0.15) is 49.8 Å². The predicted octanol–water partition coefficient (Wildman–Crippen LogP) is 3.63. The Morgan fingerprint density at radius 2 is 1.74 bits per heavy atom. The molecule has 2 aromatic rings. The van der Waals surface area contributed by atoms with E-state index >= 15 is 0 Å². The van der Waals surface area contributed by atoms with Gasteiger partial charge in [-0.15, -0.1) is 0 Å². The summed E-state index contributed by atoms with van der Waals surface area (Å²) in [5.74, 6) is 1.28. The second kappa shape index (κ2) is 6.79. The van der Waals surface area contributed by atoms with Crippen molar-refractivity contribution in [2.75, 3.05) is 19.6 Å². The van der Waals surface area contributed by atoms with Crippen molar-refractivity contribution in [3.63, 3.8) is 0 Å². The van der Waals surface area contributed by atoms with Crippen LogP contribution in [0.2, 0.25) is 0 Å².